The maximum absolute atomic E-state index is 12.5. The van der Waals surface area contributed by atoms with E-state index in [0.717, 1.165) is 35.7 Å². The van der Waals surface area contributed by atoms with E-state index in [0.29, 0.717) is 6.54 Å². The van der Waals surface area contributed by atoms with Crippen molar-refractivity contribution in [2.45, 2.75) is 18.8 Å². The van der Waals surface area contributed by atoms with Crippen LogP contribution in [-0.4, -0.2) is 38.5 Å². The highest BCUT2D eigenvalue weighted by Crippen LogP contribution is 2.27. The highest BCUT2D eigenvalue weighted by molar-refractivity contribution is 7.12. The number of piperidine rings is 1. The van der Waals surface area contributed by atoms with Crippen LogP contribution in [0.1, 0.15) is 34.3 Å². The van der Waals surface area contributed by atoms with Gasteiger partial charge in [0.15, 0.2) is 5.65 Å². The first kappa shape index (κ1) is 13.5. The Morgan fingerprint density at radius 2 is 2.18 bits per heavy atom. The molecule has 6 heteroatoms. The minimum atomic E-state index is 0.133. The van der Waals surface area contributed by atoms with E-state index in [1.807, 2.05) is 51.2 Å². The number of fused-ring (bicyclic) bond motifs is 1. The minimum absolute atomic E-state index is 0.133. The largest absolute Gasteiger partial charge is 0.337 e. The van der Waals surface area contributed by atoms with E-state index in [1.54, 1.807) is 0 Å². The topological polar surface area (TPSA) is 50.5 Å². The highest BCUT2D eigenvalue weighted by Gasteiger charge is 2.28. The average molecular weight is 312 g/mol. The van der Waals surface area contributed by atoms with Gasteiger partial charge in [0, 0.05) is 25.2 Å². The normalized spacial score (nSPS) is 18.7. The zero-order valence-corrected chi connectivity index (χ0v) is 12.9. The Hall–Kier alpha value is -2.21. The molecule has 0 bridgehead atoms. The second kappa shape index (κ2) is 5.53. The van der Waals surface area contributed by atoms with E-state index in [4.69, 9.17) is 0 Å². The van der Waals surface area contributed by atoms with Crippen LogP contribution in [0.2, 0.25) is 0 Å². The summed E-state index contributed by atoms with van der Waals surface area (Å²) >= 11 is 1.50. The van der Waals surface area contributed by atoms with E-state index in [9.17, 15) is 4.79 Å². The zero-order valence-electron chi connectivity index (χ0n) is 12.1. The second-order valence-corrected chi connectivity index (χ2v) is 6.50. The fourth-order valence-corrected chi connectivity index (χ4v) is 3.76. The van der Waals surface area contributed by atoms with Crippen LogP contribution < -0.4 is 0 Å². The van der Waals surface area contributed by atoms with E-state index in [1.165, 1.54) is 11.3 Å². The molecule has 3 aromatic rings. The molecule has 5 nitrogen and oxygen atoms in total. The maximum atomic E-state index is 12.5. The Labute approximate surface area is 132 Å². The van der Waals surface area contributed by atoms with Gasteiger partial charge in [0.25, 0.3) is 5.91 Å². The molecule has 112 valence electrons. The van der Waals surface area contributed by atoms with Crippen molar-refractivity contribution in [3.8, 4) is 0 Å². The number of amides is 1. The molecule has 1 atom stereocenters. The smallest absolute Gasteiger partial charge is 0.263 e. The molecule has 0 saturated carbocycles. The van der Waals surface area contributed by atoms with Crippen molar-refractivity contribution in [2.24, 2.45) is 0 Å². The van der Waals surface area contributed by atoms with Gasteiger partial charge >= 0.3 is 0 Å². The number of nitrogens with zero attached hydrogens (tertiary/aromatic N) is 4. The van der Waals surface area contributed by atoms with Gasteiger partial charge in [-0.25, -0.2) is 0 Å². The average Bonchev–Trinajstić information content (AvgIpc) is 3.24. The summed E-state index contributed by atoms with van der Waals surface area (Å²) in [5.41, 5.74) is 0.860. The van der Waals surface area contributed by atoms with Crippen molar-refractivity contribution in [1.29, 1.82) is 0 Å². The lowest BCUT2D eigenvalue weighted by atomic mass is 9.97. The quantitative estimate of drug-likeness (QED) is 0.731. The van der Waals surface area contributed by atoms with Crippen molar-refractivity contribution in [3.63, 3.8) is 0 Å². The highest BCUT2D eigenvalue weighted by atomic mass is 32.1. The molecule has 0 N–H and O–H groups in total. The number of pyridine rings is 1. The monoisotopic (exact) mass is 312 g/mol. The molecule has 4 heterocycles. The Kier molecular flexibility index (Phi) is 3.38. The van der Waals surface area contributed by atoms with Crippen LogP contribution in [0.15, 0.2) is 41.9 Å². The summed E-state index contributed by atoms with van der Waals surface area (Å²) in [5.74, 6) is 1.34. The van der Waals surface area contributed by atoms with Gasteiger partial charge in [-0.05, 0) is 36.4 Å². The molecule has 1 aliphatic heterocycles. The first-order chi connectivity index (χ1) is 10.8. The van der Waals surface area contributed by atoms with Gasteiger partial charge in [-0.2, -0.15) is 0 Å². The lowest BCUT2D eigenvalue weighted by Gasteiger charge is -2.31. The number of thiophene rings is 1. The minimum Gasteiger partial charge on any atom is -0.337 e. The SMILES string of the molecule is O=C(c1cccs1)N1CCC[C@H](c2nnc3ccccn23)C1. The summed E-state index contributed by atoms with van der Waals surface area (Å²) in [5, 5.41) is 10.5. The molecule has 0 aromatic carbocycles. The lowest BCUT2D eigenvalue weighted by molar-refractivity contribution is 0.0709. The summed E-state index contributed by atoms with van der Waals surface area (Å²) < 4.78 is 2.03. The molecule has 1 amide bonds. The van der Waals surface area contributed by atoms with Gasteiger partial charge in [-0.1, -0.05) is 12.1 Å². The van der Waals surface area contributed by atoms with E-state index >= 15 is 0 Å². The summed E-state index contributed by atoms with van der Waals surface area (Å²) in [6.45, 7) is 1.54. The van der Waals surface area contributed by atoms with Crippen molar-refractivity contribution >= 4 is 22.9 Å². The third-order valence-electron chi connectivity index (χ3n) is 4.15. The summed E-state index contributed by atoms with van der Waals surface area (Å²) in [6.07, 6.45) is 4.04. The molecule has 1 fully saturated rings. The molecule has 4 rings (SSSR count). The summed E-state index contributed by atoms with van der Waals surface area (Å²) in [7, 11) is 0. The first-order valence-electron chi connectivity index (χ1n) is 7.45. The molecular weight excluding hydrogens is 296 g/mol. The zero-order chi connectivity index (χ0) is 14.9. The Morgan fingerprint density at radius 1 is 1.23 bits per heavy atom. The van der Waals surface area contributed by atoms with Gasteiger partial charge in [0.05, 0.1) is 4.88 Å². The van der Waals surface area contributed by atoms with Crippen LogP contribution >= 0.6 is 11.3 Å². The van der Waals surface area contributed by atoms with Crippen LogP contribution in [0.25, 0.3) is 5.65 Å². The predicted octanol–water partition coefficient (Wildman–Crippen LogP) is 2.81. The van der Waals surface area contributed by atoms with Crippen molar-refractivity contribution in [2.75, 3.05) is 13.1 Å². The number of likely N-dealkylation sites (tertiary alicyclic amines) is 1. The van der Waals surface area contributed by atoms with Crippen molar-refractivity contribution in [3.05, 3.63) is 52.6 Å². The molecule has 1 aliphatic rings. The Bertz CT molecular complexity index is 795. The van der Waals surface area contributed by atoms with E-state index in [-0.39, 0.29) is 11.8 Å². The van der Waals surface area contributed by atoms with Gasteiger partial charge in [-0.15, -0.1) is 21.5 Å². The first-order valence-corrected chi connectivity index (χ1v) is 8.33. The van der Waals surface area contributed by atoms with E-state index < -0.39 is 0 Å². The summed E-state index contributed by atoms with van der Waals surface area (Å²) in [6, 6.07) is 9.71. The van der Waals surface area contributed by atoms with Crippen LogP contribution in [0.4, 0.5) is 0 Å². The molecule has 0 unspecified atom stereocenters. The van der Waals surface area contributed by atoms with Crippen LogP contribution in [0.5, 0.6) is 0 Å². The molecule has 0 radical (unpaired) electrons. The fourth-order valence-electron chi connectivity index (χ4n) is 3.07. The molecule has 3 aromatic heterocycles. The third kappa shape index (κ3) is 2.29. The maximum Gasteiger partial charge on any atom is 0.263 e. The Morgan fingerprint density at radius 3 is 3.05 bits per heavy atom. The second-order valence-electron chi connectivity index (χ2n) is 5.55. The molecule has 1 saturated heterocycles. The third-order valence-corrected chi connectivity index (χ3v) is 5.00. The van der Waals surface area contributed by atoms with Crippen LogP contribution in [0.3, 0.4) is 0 Å². The van der Waals surface area contributed by atoms with Crippen molar-refractivity contribution < 1.29 is 4.79 Å². The van der Waals surface area contributed by atoms with Crippen LogP contribution in [0, 0.1) is 0 Å². The molecule has 0 aliphatic carbocycles. The number of hydrogen-bond donors (Lipinski definition) is 0. The number of hydrogen-bond acceptors (Lipinski definition) is 4. The van der Waals surface area contributed by atoms with Gasteiger partial charge < -0.3 is 4.90 Å². The lowest BCUT2D eigenvalue weighted by Crippen LogP contribution is -2.39. The van der Waals surface area contributed by atoms with Crippen molar-refractivity contribution in [1.82, 2.24) is 19.5 Å². The number of carbonyl (C=O) groups excluding carboxylic acids is 1. The number of carbonyl (C=O) groups is 1. The molecule has 0 spiro atoms. The van der Waals surface area contributed by atoms with Gasteiger partial charge in [0.2, 0.25) is 0 Å². The number of aromatic nitrogens is 3. The molecule has 22 heavy (non-hydrogen) atoms. The fraction of sp³-hybridized carbons (Fsp3) is 0.312. The number of rotatable bonds is 2. The summed E-state index contributed by atoms with van der Waals surface area (Å²) in [4.78, 5) is 15.3. The molecular formula is C16H16N4OS. The predicted molar refractivity (Wildman–Crippen MR) is 85.2 cm³/mol. The Balaban J connectivity index is 1.60. The van der Waals surface area contributed by atoms with Gasteiger partial charge in [-0.3, -0.25) is 9.20 Å². The van der Waals surface area contributed by atoms with E-state index in [2.05, 4.69) is 10.2 Å². The van der Waals surface area contributed by atoms with Crippen LogP contribution in [-0.2, 0) is 0 Å². The standard InChI is InChI=1S/C16H16N4OS/c21-16(13-6-4-10-22-13)19-8-3-5-12(11-19)15-18-17-14-7-1-2-9-20(14)15/h1-2,4,6-7,9-10,12H,3,5,8,11H2/t12-/m0/s1. The van der Waals surface area contributed by atoms with Gasteiger partial charge in [0.1, 0.15) is 5.82 Å².